The number of aromatic nitrogens is 3. The van der Waals surface area contributed by atoms with E-state index in [9.17, 15) is 0 Å². The molecule has 52 heavy (non-hydrogen) atoms. The number of hydrogen-bond donors (Lipinski definition) is 0. The maximum Gasteiger partial charge on any atom is 0.0547 e. The van der Waals surface area contributed by atoms with E-state index in [1.807, 2.05) is 0 Å². The Balaban J connectivity index is 1.08. The quantitative estimate of drug-likeness (QED) is 0.178. The van der Waals surface area contributed by atoms with Gasteiger partial charge >= 0.3 is 0 Å². The summed E-state index contributed by atoms with van der Waals surface area (Å²) in [5.41, 5.74) is 14.6. The zero-order valence-corrected chi connectivity index (χ0v) is 28.7. The van der Waals surface area contributed by atoms with Gasteiger partial charge in [-0.3, -0.25) is 0 Å². The summed E-state index contributed by atoms with van der Waals surface area (Å²) in [6, 6.07) is 66.5. The first-order valence-corrected chi connectivity index (χ1v) is 17.9. The van der Waals surface area contributed by atoms with Crippen LogP contribution in [0.2, 0.25) is 0 Å². The van der Waals surface area contributed by atoms with Gasteiger partial charge in [-0.2, -0.15) is 0 Å². The van der Waals surface area contributed by atoms with Crippen molar-refractivity contribution < 1.29 is 0 Å². The Labute approximate surface area is 300 Å². The van der Waals surface area contributed by atoms with Crippen molar-refractivity contribution in [2.75, 3.05) is 0 Å². The fraction of sp³-hybridized carbons (Fsp3) is 0.0204. The Hall–Kier alpha value is -6.84. The smallest absolute Gasteiger partial charge is 0.0547 e. The Morgan fingerprint density at radius 2 is 0.808 bits per heavy atom. The van der Waals surface area contributed by atoms with Gasteiger partial charge in [-0.25, -0.2) is 0 Å². The number of aryl methyl sites for hydroxylation is 1. The van der Waals surface area contributed by atoms with Crippen molar-refractivity contribution in [2.45, 2.75) is 0 Å². The molecule has 0 radical (unpaired) electrons. The second kappa shape index (κ2) is 11.1. The largest absolute Gasteiger partial charge is 0.344 e. The molecule has 3 nitrogen and oxygen atoms in total. The average molecular weight is 664 g/mol. The molecule has 8 aromatic carbocycles. The highest BCUT2D eigenvalue weighted by Crippen LogP contribution is 2.41. The minimum Gasteiger partial charge on any atom is -0.344 e. The predicted molar refractivity (Wildman–Crippen MR) is 220 cm³/mol. The Morgan fingerprint density at radius 3 is 1.50 bits per heavy atom. The fourth-order valence-corrected chi connectivity index (χ4v) is 8.67. The summed E-state index contributed by atoms with van der Waals surface area (Å²) in [5.74, 6) is 0. The number of nitrogens with zero attached hydrogens (tertiary/aromatic N) is 3. The van der Waals surface area contributed by atoms with Gasteiger partial charge in [-0.05, 0) is 89.0 Å². The van der Waals surface area contributed by atoms with Crippen LogP contribution in [0.5, 0.6) is 0 Å². The van der Waals surface area contributed by atoms with Gasteiger partial charge in [-0.1, -0.05) is 115 Å². The fourth-order valence-electron chi connectivity index (χ4n) is 8.67. The minimum absolute atomic E-state index is 1.17. The van der Waals surface area contributed by atoms with E-state index in [0.717, 1.165) is 0 Å². The van der Waals surface area contributed by atoms with Crippen LogP contribution in [0.4, 0.5) is 0 Å². The summed E-state index contributed by atoms with van der Waals surface area (Å²) in [7, 11) is 2.20. The molecule has 0 saturated heterocycles. The molecule has 0 bridgehead atoms. The summed E-state index contributed by atoms with van der Waals surface area (Å²) in [5, 5.41) is 7.62. The van der Waals surface area contributed by atoms with E-state index in [0.29, 0.717) is 0 Å². The van der Waals surface area contributed by atoms with Crippen LogP contribution in [-0.4, -0.2) is 13.7 Å². The van der Waals surface area contributed by atoms with Crippen molar-refractivity contribution in [1.29, 1.82) is 0 Å². The van der Waals surface area contributed by atoms with Crippen LogP contribution in [0.1, 0.15) is 0 Å². The molecule has 0 aliphatic carbocycles. The summed E-state index contributed by atoms with van der Waals surface area (Å²) < 4.78 is 7.13. The summed E-state index contributed by atoms with van der Waals surface area (Å²) >= 11 is 0. The van der Waals surface area contributed by atoms with Gasteiger partial charge in [0.2, 0.25) is 0 Å². The second-order valence-electron chi connectivity index (χ2n) is 13.8. The molecule has 244 valence electrons. The van der Waals surface area contributed by atoms with Crippen LogP contribution in [0.15, 0.2) is 182 Å². The van der Waals surface area contributed by atoms with Crippen molar-refractivity contribution in [3.63, 3.8) is 0 Å². The van der Waals surface area contributed by atoms with Gasteiger partial charge in [0.1, 0.15) is 0 Å². The lowest BCUT2D eigenvalue weighted by atomic mass is 9.96. The maximum absolute atomic E-state index is 2.39. The predicted octanol–water partition coefficient (Wildman–Crippen LogP) is 12.9. The zero-order valence-electron chi connectivity index (χ0n) is 28.7. The van der Waals surface area contributed by atoms with E-state index in [1.165, 1.54) is 99.0 Å². The van der Waals surface area contributed by atoms with E-state index in [1.54, 1.807) is 0 Å². The molecule has 3 heterocycles. The third-order valence-electron chi connectivity index (χ3n) is 11.1. The van der Waals surface area contributed by atoms with E-state index in [-0.39, 0.29) is 0 Å². The summed E-state index contributed by atoms with van der Waals surface area (Å²) in [6.45, 7) is 0. The topological polar surface area (TPSA) is 14.8 Å². The first-order chi connectivity index (χ1) is 25.7. The van der Waals surface area contributed by atoms with Gasteiger partial charge in [0.15, 0.2) is 0 Å². The molecule has 0 aliphatic rings. The standard InChI is InChI=1S/C49H33N3/c1-50-46-22-12-19-37(34-25-28-45-42(29-34)39-18-9-11-21-44(39)51(45)35-13-4-2-5-14-35)49(46)41-27-24-32(30-47(41)50)33-23-26-40-38-17-8-10-20-43(38)52(48(40)31-33)36-15-6-3-7-16-36/h2-31H,1H3. The number of hydrogen-bond acceptors (Lipinski definition) is 0. The molecule has 0 N–H and O–H groups in total. The SMILES string of the molecule is Cn1c2cc(-c3ccc4c5ccccc5n(-c5ccccc5)c4c3)ccc2c2c(-c3ccc4c(c3)c3ccccc3n4-c3ccccc3)cccc21. The lowest BCUT2D eigenvalue weighted by Gasteiger charge is -2.09. The molecule has 0 amide bonds. The van der Waals surface area contributed by atoms with Crippen molar-refractivity contribution in [3.05, 3.63) is 182 Å². The molecular formula is C49H33N3. The van der Waals surface area contributed by atoms with Crippen molar-refractivity contribution in [3.8, 4) is 33.6 Å². The molecule has 0 unspecified atom stereocenters. The first kappa shape index (κ1) is 28.9. The van der Waals surface area contributed by atoms with Crippen LogP contribution in [-0.2, 0) is 7.05 Å². The monoisotopic (exact) mass is 663 g/mol. The van der Waals surface area contributed by atoms with Crippen LogP contribution in [0, 0.1) is 0 Å². The molecule has 0 fully saturated rings. The third kappa shape index (κ3) is 4.14. The average Bonchev–Trinajstić information content (AvgIpc) is 3.83. The van der Waals surface area contributed by atoms with Gasteiger partial charge in [-0.15, -0.1) is 0 Å². The molecule has 11 aromatic rings. The molecule has 0 spiro atoms. The first-order valence-electron chi connectivity index (χ1n) is 17.9. The molecule has 0 atom stereocenters. The number of para-hydroxylation sites is 4. The van der Waals surface area contributed by atoms with Gasteiger partial charge in [0.25, 0.3) is 0 Å². The zero-order chi connectivity index (χ0) is 34.3. The van der Waals surface area contributed by atoms with Gasteiger partial charge < -0.3 is 13.7 Å². The van der Waals surface area contributed by atoms with Crippen molar-refractivity contribution in [1.82, 2.24) is 13.7 Å². The number of rotatable bonds is 4. The molecule has 3 heteroatoms. The Morgan fingerprint density at radius 1 is 0.308 bits per heavy atom. The van der Waals surface area contributed by atoms with Gasteiger partial charge in [0, 0.05) is 61.8 Å². The highest BCUT2D eigenvalue weighted by atomic mass is 15.0. The molecule has 3 aromatic heterocycles. The summed E-state index contributed by atoms with van der Waals surface area (Å²) in [4.78, 5) is 0. The number of benzene rings is 8. The highest BCUT2D eigenvalue weighted by molar-refractivity contribution is 6.17. The van der Waals surface area contributed by atoms with E-state index in [2.05, 4.69) is 203 Å². The summed E-state index contributed by atoms with van der Waals surface area (Å²) in [6.07, 6.45) is 0. The van der Waals surface area contributed by atoms with Crippen LogP contribution in [0.3, 0.4) is 0 Å². The van der Waals surface area contributed by atoms with E-state index in [4.69, 9.17) is 0 Å². The van der Waals surface area contributed by atoms with Crippen LogP contribution >= 0.6 is 0 Å². The highest BCUT2D eigenvalue weighted by Gasteiger charge is 2.18. The molecule has 0 saturated carbocycles. The van der Waals surface area contributed by atoms with Crippen molar-refractivity contribution in [2.24, 2.45) is 7.05 Å². The van der Waals surface area contributed by atoms with E-state index >= 15 is 0 Å². The van der Waals surface area contributed by atoms with E-state index < -0.39 is 0 Å². The Kier molecular flexibility index (Phi) is 6.17. The number of fused-ring (bicyclic) bond motifs is 9. The molecule has 0 aliphatic heterocycles. The van der Waals surface area contributed by atoms with Crippen LogP contribution in [0.25, 0.3) is 99.0 Å². The maximum atomic E-state index is 2.39. The lowest BCUT2D eigenvalue weighted by molar-refractivity contribution is 1.01. The molecular weight excluding hydrogens is 631 g/mol. The minimum atomic E-state index is 1.17. The Bertz CT molecular complexity index is 3180. The van der Waals surface area contributed by atoms with Crippen molar-refractivity contribution >= 4 is 65.4 Å². The van der Waals surface area contributed by atoms with Crippen LogP contribution < -0.4 is 0 Å². The van der Waals surface area contributed by atoms with Gasteiger partial charge in [0.05, 0.1) is 22.1 Å². The lowest BCUT2D eigenvalue weighted by Crippen LogP contribution is -1.93. The second-order valence-corrected chi connectivity index (χ2v) is 13.8. The normalized spacial score (nSPS) is 11.9. The third-order valence-corrected chi connectivity index (χ3v) is 11.1. The molecule has 11 rings (SSSR count).